The molecule has 2 heterocycles. The Hall–Kier alpha value is -1.60. The predicted octanol–water partition coefficient (Wildman–Crippen LogP) is -0.384. The molecule has 1 aliphatic heterocycles. The van der Waals surface area contributed by atoms with Gasteiger partial charge in [0.2, 0.25) is 0 Å². The number of carbonyl (C=O) groups is 1. The highest BCUT2D eigenvalue weighted by molar-refractivity contribution is 5.96. The second-order valence-electron chi connectivity index (χ2n) is 5.10. The number of hydrogen-bond donors (Lipinski definition) is 2. The molecule has 0 unspecified atom stereocenters. The average molecular weight is 268 g/mol. The summed E-state index contributed by atoms with van der Waals surface area (Å²) in [6.07, 6.45) is 2.65. The van der Waals surface area contributed by atoms with Crippen molar-refractivity contribution < 1.29 is 14.6 Å². The average Bonchev–Trinajstić information content (AvgIpc) is 2.67. The number of aryl methyl sites for hydroxylation is 1. The van der Waals surface area contributed by atoms with Crippen LogP contribution in [0.15, 0.2) is 6.20 Å². The SMILES string of the molecule is CN(CC1(O)CCOCC1)C(=O)c1nn(C)cc1N. The van der Waals surface area contributed by atoms with Crippen molar-refractivity contribution in [1.29, 1.82) is 0 Å². The molecular weight excluding hydrogens is 248 g/mol. The smallest absolute Gasteiger partial charge is 0.276 e. The Morgan fingerprint density at radius 2 is 2.26 bits per heavy atom. The van der Waals surface area contributed by atoms with Crippen LogP contribution in [0.1, 0.15) is 23.3 Å². The molecule has 0 aliphatic carbocycles. The van der Waals surface area contributed by atoms with Crippen LogP contribution in [0.2, 0.25) is 0 Å². The lowest BCUT2D eigenvalue weighted by atomic mass is 9.94. The van der Waals surface area contributed by atoms with Crippen molar-refractivity contribution >= 4 is 11.6 Å². The van der Waals surface area contributed by atoms with Gasteiger partial charge in [-0.05, 0) is 0 Å². The van der Waals surface area contributed by atoms with E-state index >= 15 is 0 Å². The third kappa shape index (κ3) is 3.05. The highest BCUT2D eigenvalue weighted by Crippen LogP contribution is 2.22. The van der Waals surface area contributed by atoms with E-state index in [0.717, 1.165) is 0 Å². The van der Waals surface area contributed by atoms with Crippen molar-refractivity contribution in [3.63, 3.8) is 0 Å². The normalized spacial score (nSPS) is 18.3. The van der Waals surface area contributed by atoms with E-state index in [9.17, 15) is 9.90 Å². The largest absolute Gasteiger partial charge is 0.396 e. The minimum atomic E-state index is -0.883. The molecule has 0 aromatic carbocycles. The summed E-state index contributed by atoms with van der Waals surface area (Å²) in [6, 6.07) is 0. The fourth-order valence-corrected chi connectivity index (χ4v) is 2.28. The van der Waals surface area contributed by atoms with Gasteiger partial charge < -0.3 is 20.5 Å². The summed E-state index contributed by atoms with van der Waals surface area (Å²) in [5, 5.41) is 14.4. The molecule has 1 aliphatic rings. The van der Waals surface area contributed by atoms with Crippen LogP contribution in [0.5, 0.6) is 0 Å². The molecule has 0 atom stereocenters. The van der Waals surface area contributed by atoms with Gasteiger partial charge in [0.05, 0.1) is 11.3 Å². The van der Waals surface area contributed by atoms with Crippen LogP contribution < -0.4 is 5.73 Å². The molecule has 1 amide bonds. The summed E-state index contributed by atoms with van der Waals surface area (Å²) in [4.78, 5) is 13.7. The second-order valence-corrected chi connectivity index (χ2v) is 5.10. The third-order valence-electron chi connectivity index (χ3n) is 3.36. The minimum absolute atomic E-state index is 0.223. The van der Waals surface area contributed by atoms with E-state index in [4.69, 9.17) is 10.5 Å². The van der Waals surface area contributed by atoms with Gasteiger partial charge in [0.1, 0.15) is 0 Å². The lowest BCUT2D eigenvalue weighted by Gasteiger charge is -2.35. The lowest BCUT2D eigenvalue weighted by molar-refractivity contribution is -0.0734. The quantitative estimate of drug-likeness (QED) is 0.779. The molecule has 1 aromatic heterocycles. The van der Waals surface area contributed by atoms with Gasteiger partial charge in [-0.25, -0.2) is 0 Å². The van der Waals surface area contributed by atoms with Gasteiger partial charge in [0.25, 0.3) is 5.91 Å². The molecule has 0 radical (unpaired) electrons. The molecule has 0 spiro atoms. The van der Waals surface area contributed by atoms with Crippen LogP contribution >= 0.6 is 0 Å². The maximum atomic E-state index is 12.2. The minimum Gasteiger partial charge on any atom is -0.396 e. The van der Waals surface area contributed by atoms with Gasteiger partial charge in [0, 0.05) is 52.9 Å². The number of rotatable bonds is 3. The molecule has 7 heteroatoms. The van der Waals surface area contributed by atoms with Crippen LogP contribution in [0, 0.1) is 0 Å². The zero-order chi connectivity index (χ0) is 14.0. The van der Waals surface area contributed by atoms with E-state index in [-0.39, 0.29) is 18.1 Å². The zero-order valence-corrected chi connectivity index (χ0v) is 11.3. The number of carbonyl (C=O) groups excluding carboxylic acids is 1. The molecule has 0 saturated carbocycles. The van der Waals surface area contributed by atoms with E-state index < -0.39 is 5.60 Å². The van der Waals surface area contributed by atoms with Gasteiger partial charge in [-0.3, -0.25) is 9.48 Å². The molecule has 19 heavy (non-hydrogen) atoms. The van der Waals surface area contributed by atoms with Crippen molar-refractivity contribution in [3.8, 4) is 0 Å². The van der Waals surface area contributed by atoms with Crippen LogP contribution in [-0.2, 0) is 11.8 Å². The first-order chi connectivity index (χ1) is 8.91. The molecule has 106 valence electrons. The number of hydrogen-bond acceptors (Lipinski definition) is 5. The molecule has 1 fully saturated rings. The lowest BCUT2D eigenvalue weighted by Crippen LogP contribution is -2.47. The first-order valence-corrected chi connectivity index (χ1v) is 6.26. The predicted molar refractivity (Wildman–Crippen MR) is 69.6 cm³/mol. The van der Waals surface area contributed by atoms with Crippen molar-refractivity contribution in [2.24, 2.45) is 7.05 Å². The topological polar surface area (TPSA) is 93.6 Å². The van der Waals surface area contributed by atoms with Crippen molar-refractivity contribution in [2.75, 3.05) is 32.5 Å². The standard InChI is InChI=1S/C12H20N4O3/c1-15(8-12(18)3-5-19-6-4-12)11(17)10-9(13)7-16(2)14-10/h7,18H,3-6,8,13H2,1-2H3. The third-order valence-corrected chi connectivity index (χ3v) is 3.36. The number of nitrogens with two attached hydrogens (primary N) is 1. The number of anilines is 1. The molecule has 1 saturated heterocycles. The van der Waals surface area contributed by atoms with E-state index in [2.05, 4.69) is 5.10 Å². The molecular formula is C12H20N4O3. The Bertz CT molecular complexity index is 466. The zero-order valence-electron chi connectivity index (χ0n) is 11.3. The van der Waals surface area contributed by atoms with Gasteiger partial charge in [-0.2, -0.15) is 5.10 Å². The summed E-state index contributed by atoms with van der Waals surface area (Å²) < 4.78 is 6.71. The fraction of sp³-hybridized carbons (Fsp3) is 0.667. The number of nitrogen functional groups attached to an aromatic ring is 1. The number of nitrogens with zero attached hydrogens (tertiary/aromatic N) is 3. The maximum absolute atomic E-state index is 12.2. The van der Waals surface area contributed by atoms with Crippen LogP contribution in [0.25, 0.3) is 0 Å². The van der Waals surface area contributed by atoms with Gasteiger partial charge in [-0.15, -0.1) is 0 Å². The Labute approximate surface area is 111 Å². The Kier molecular flexibility index (Phi) is 3.77. The Morgan fingerprint density at radius 1 is 1.63 bits per heavy atom. The van der Waals surface area contributed by atoms with Crippen molar-refractivity contribution in [2.45, 2.75) is 18.4 Å². The summed E-state index contributed by atoms with van der Waals surface area (Å²) in [6.45, 7) is 1.29. The summed E-state index contributed by atoms with van der Waals surface area (Å²) >= 11 is 0. The van der Waals surface area contributed by atoms with Crippen LogP contribution in [0.4, 0.5) is 5.69 Å². The highest BCUT2D eigenvalue weighted by atomic mass is 16.5. The van der Waals surface area contributed by atoms with E-state index in [1.54, 1.807) is 20.3 Å². The number of amides is 1. The molecule has 2 rings (SSSR count). The summed E-state index contributed by atoms with van der Waals surface area (Å²) in [5.74, 6) is -0.280. The first kappa shape index (κ1) is 13.8. The summed E-state index contributed by atoms with van der Waals surface area (Å²) in [5.41, 5.74) is 5.42. The molecule has 3 N–H and O–H groups in total. The monoisotopic (exact) mass is 268 g/mol. The van der Waals surface area contributed by atoms with E-state index in [0.29, 0.717) is 31.7 Å². The number of ether oxygens (including phenoxy) is 1. The maximum Gasteiger partial charge on any atom is 0.276 e. The molecule has 7 nitrogen and oxygen atoms in total. The second kappa shape index (κ2) is 5.18. The number of aliphatic hydroxyl groups is 1. The first-order valence-electron chi connectivity index (χ1n) is 6.26. The van der Waals surface area contributed by atoms with E-state index in [1.807, 2.05) is 0 Å². The van der Waals surface area contributed by atoms with Crippen LogP contribution in [-0.4, -0.2) is 58.1 Å². The van der Waals surface area contributed by atoms with Crippen LogP contribution in [0.3, 0.4) is 0 Å². The van der Waals surface area contributed by atoms with Crippen molar-refractivity contribution in [3.05, 3.63) is 11.9 Å². The Balaban J connectivity index is 2.05. The number of aromatic nitrogens is 2. The van der Waals surface area contributed by atoms with Gasteiger partial charge in [-0.1, -0.05) is 0 Å². The van der Waals surface area contributed by atoms with Gasteiger partial charge >= 0.3 is 0 Å². The van der Waals surface area contributed by atoms with Crippen molar-refractivity contribution in [1.82, 2.24) is 14.7 Å². The van der Waals surface area contributed by atoms with E-state index in [1.165, 1.54) is 9.58 Å². The van der Waals surface area contributed by atoms with Gasteiger partial charge in [0.15, 0.2) is 5.69 Å². The number of likely N-dealkylation sites (N-methyl/N-ethyl adjacent to an activating group) is 1. The Morgan fingerprint density at radius 3 is 2.79 bits per heavy atom. The summed E-state index contributed by atoms with van der Waals surface area (Å²) in [7, 11) is 3.35. The fourth-order valence-electron chi connectivity index (χ4n) is 2.28. The highest BCUT2D eigenvalue weighted by Gasteiger charge is 2.33. The molecule has 1 aromatic rings. The molecule has 0 bridgehead atoms.